The fourth-order valence-corrected chi connectivity index (χ4v) is 3.54. The van der Waals surface area contributed by atoms with E-state index < -0.39 is 6.04 Å². The number of amidine groups is 1. The van der Waals surface area contributed by atoms with Gasteiger partial charge in [0, 0.05) is 14.1 Å². The Bertz CT molecular complexity index is 978. The maximum atomic E-state index is 12.7. The fraction of sp³-hybridized carbons (Fsp3) is 0.368. The molecule has 0 N–H and O–H groups in total. The molecule has 1 unspecified atom stereocenters. The van der Waals surface area contributed by atoms with Gasteiger partial charge in [-0.3, -0.25) is 14.6 Å². The number of nitrogens with zero attached hydrogens (tertiary/aromatic N) is 5. The first kappa shape index (κ1) is 17.3. The van der Waals surface area contributed by atoms with Gasteiger partial charge >= 0.3 is 12.0 Å². The number of carbonyl (C=O) groups excluding carboxylic acids is 2. The van der Waals surface area contributed by atoms with Crippen LogP contribution < -0.4 is 9.30 Å². The Morgan fingerprint density at radius 1 is 1.19 bits per heavy atom. The van der Waals surface area contributed by atoms with Crippen LogP contribution in [0.2, 0.25) is 0 Å². The predicted molar refractivity (Wildman–Crippen MR) is 98.5 cm³/mol. The number of aryl methyl sites for hydroxylation is 1. The number of likely N-dealkylation sites (N-methyl/N-ethyl adjacent to an activating group) is 2. The van der Waals surface area contributed by atoms with Gasteiger partial charge in [-0.05, 0) is 25.5 Å². The molecule has 0 saturated carbocycles. The van der Waals surface area contributed by atoms with Gasteiger partial charge in [-0.15, -0.1) is 0 Å². The Morgan fingerprint density at radius 2 is 1.93 bits per heavy atom. The number of para-hydroxylation sites is 2. The Balaban J connectivity index is 1.87. The van der Waals surface area contributed by atoms with Crippen LogP contribution in [0.25, 0.3) is 5.69 Å². The minimum atomic E-state index is -0.628. The highest BCUT2D eigenvalue weighted by atomic mass is 16.5. The molecule has 0 bridgehead atoms. The van der Waals surface area contributed by atoms with Gasteiger partial charge in [0.05, 0.1) is 6.61 Å². The molecule has 2 aliphatic rings. The van der Waals surface area contributed by atoms with E-state index in [2.05, 4.69) is 11.9 Å². The van der Waals surface area contributed by atoms with E-state index in [4.69, 9.17) is 4.74 Å². The second-order valence-corrected chi connectivity index (χ2v) is 6.74. The average Bonchev–Trinajstić information content (AvgIpc) is 3.18. The van der Waals surface area contributed by atoms with Crippen molar-refractivity contribution in [3.8, 4) is 11.4 Å². The summed E-state index contributed by atoms with van der Waals surface area (Å²) in [7, 11) is 3.13. The van der Waals surface area contributed by atoms with Crippen molar-refractivity contribution in [2.75, 3.05) is 20.7 Å². The second kappa shape index (κ2) is 6.22. The number of benzene rings is 1. The first-order valence-corrected chi connectivity index (χ1v) is 8.95. The summed E-state index contributed by atoms with van der Waals surface area (Å²) in [6.45, 7) is 4.63. The zero-order chi connectivity index (χ0) is 19.3. The van der Waals surface area contributed by atoms with Crippen molar-refractivity contribution in [3.63, 3.8) is 0 Å². The molecule has 1 fully saturated rings. The van der Waals surface area contributed by atoms with E-state index in [1.165, 1.54) is 11.9 Å². The van der Waals surface area contributed by atoms with Crippen LogP contribution >= 0.6 is 0 Å². The summed E-state index contributed by atoms with van der Waals surface area (Å²) >= 11 is 0. The number of urea groups is 1. The highest BCUT2D eigenvalue weighted by Crippen LogP contribution is 2.33. The largest absolute Gasteiger partial charge is 0.490 e. The Kier molecular flexibility index (Phi) is 3.98. The summed E-state index contributed by atoms with van der Waals surface area (Å²) in [5.41, 5.74) is 1.78. The van der Waals surface area contributed by atoms with Crippen LogP contribution in [0, 0.1) is 6.92 Å². The number of carbonyl (C=O) groups is 2. The summed E-state index contributed by atoms with van der Waals surface area (Å²) in [6, 6.07) is 6.74. The molecule has 3 heterocycles. The predicted octanol–water partition coefficient (Wildman–Crippen LogP) is 1.97. The van der Waals surface area contributed by atoms with Crippen LogP contribution in [0.5, 0.6) is 5.75 Å². The van der Waals surface area contributed by atoms with Gasteiger partial charge in [-0.2, -0.15) is 4.57 Å². The van der Waals surface area contributed by atoms with Gasteiger partial charge in [0.15, 0.2) is 5.75 Å². The lowest BCUT2D eigenvalue weighted by Gasteiger charge is -2.30. The van der Waals surface area contributed by atoms with Crippen LogP contribution in [-0.4, -0.2) is 52.8 Å². The molecule has 8 heteroatoms. The molecule has 0 radical (unpaired) electrons. The summed E-state index contributed by atoms with van der Waals surface area (Å²) < 4.78 is 9.68. The zero-order valence-corrected chi connectivity index (χ0v) is 15.8. The standard InChI is InChI=1S/C19H22N5O3/c1-5-10-27-14-9-7-6-8-13(14)24-12(2)11-23-15-16(20-18(23)24)21(3)19(26)22(4)17(15)25/h6-9,11,15H,5,10H2,1-4H3/q+1. The second-order valence-electron chi connectivity index (χ2n) is 6.74. The molecule has 0 spiro atoms. The highest BCUT2D eigenvalue weighted by Gasteiger charge is 2.52. The van der Waals surface area contributed by atoms with Gasteiger partial charge in [0.25, 0.3) is 5.91 Å². The van der Waals surface area contributed by atoms with E-state index in [0.29, 0.717) is 18.4 Å². The summed E-state index contributed by atoms with van der Waals surface area (Å²) in [4.78, 5) is 32.2. The van der Waals surface area contributed by atoms with E-state index >= 15 is 0 Å². The average molecular weight is 368 g/mol. The zero-order valence-electron chi connectivity index (χ0n) is 15.8. The Morgan fingerprint density at radius 3 is 2.67 bits per heavy atom. The SMILES string of the molecule is CCCOc1ccccc1-n1c(C)c[n+]2c1N=C1C2C(=O)N(C)C(=O)N1C. The molecule has 8 nitrogen and oxygen atoms in total. The maximum absolute atomic E-state index is 12.7. The minimum Gasteiger partial charge on any atom is -0.490 e. The fourth-order valence-electron chi connectivity index (χ4n) is 3.54. The monoisotopic (exact) mass is 368 g/mol. The molecule has 27 heavy (non-hydrogen) atoms. The van der Waals surface area contributed by atoms with Crippen LogP contribution in [0.3, 0.4) is 0 Å². The first-order chi connectivity index (χ1) is 13.0. The van der Waals surface area contributed by atoms with Crippen LogP contribution in [0.1, 0.15) is 25.1 Å². The molecule has 3 amide bonds. The topological polar surface area (TPSA) is 71.0 Å². The lowest BCUT2D eigenvalue weighted by molar-refractivity contribution is -0.676. The van der Waals surface area contributed by atoms with Gasteiger partial charge in [0.2, 0.25) is 11.9 Å². The number of fused-ring (bicyclic) bond motifs is 3. The number of imide groups is 1. The number of amides is 3. The molecule has 1 aromatic carbocycles. The number of aliphatic imine (C=N–C) groups is 1. The van der Waals surface area contributed by atoms with Crippen LogP contribution in [-0.2, 0) is 4.79 Å². The molecular weight excluding hydrogens is 346 g/mol. The third kappa shape index (κ3) is 2.43. The van der Waals surface area contributed by atoms with Gasteiger partial charge in [-0.1, -0.05) is 24.0 Å². The molecule has 1 atom stereocenters. The molecular formula is C19H22N5O3+. The maximum Gasteiger partial charge on any atom is 0.407 e. The molecule has 2 aliphatic heterocycles. The van der Waals surface area contributed by atoms with Crippen LogP contribution in [0.4, 0.5) is 10.7 Å². The normalized spacial score (nSPS) is 18.5. The lowest BCUT2D eigenvalue weighted by Crippen LogP contribution is -2.61. The van der Waals surface area contributed by atoms with Crippen molar-refractivity contribution in [1.29, 1.82) is 0 Å². The van der Waals surface area contributed by atoms with Crippen molar-refractivity contribution in [3.05, 3.63) is 36.2 Å². The number of aromatic nitrogens is 2. The van der Waals surface area contributed by atoms with E-state index in [9.17, 15) is 9.59 Å². The quantitative estimate of drug-likeness (QED) is 0.775. The van der Waals surface area contributed by atoms with Crippen molar-refractivity contribution < 1.29 is 18.9 Å². The molecule has 4 rings (SSSR count). The van der Waals surface area contributed by atoms with E-state index in [-0.39, 0.29) is 11.9 Å². The van der Waals surface area contributed by atoms with E-state index in [0.717, 1.165) is 28.5 Å². The third-order valence-corrected chi connectivity index (χ3v) is 4.90. The van der Waals surface area contributed by atoms with Crippen LogP contribution in [0.15, 0.2) is 35.5 Å². The number of ether oxygens (including phenoxy) is 1. The number of hydrogen-bond donors (Lipinski definition) is 0. The molecule has 140 valence electrons. The van der Waals surface area contributed by atoms with Crippen molar-refractivity contribution in [2.24, 2.45) is 4.99 Å². The smallest absolute Gasteiger partial charge is 0.407 e. The molecule has 2 aromatic rings. The molecule has 1 aromatic heterocycles. The number of hydrogen-bond acceptors (Lipinski definition) is 4. The van der Waals surface area contributed by atoms with Gasteiger partial charge < -0.3 is 4.74 Å². The molecule has 1 saturated heterocycles. The summed E-state index contributed by atoms with van der Waals surface area (Å²) in [5, 5.41) is 0. The van der Waals surface area contributed by atoms with E-state index in [1.807, 2.05) is 46.5 Å². The van der Waals surface area contributed by atoms with Crippen molar-refractivity contribution >= 4 is 23.7 Å². The number of rotatable bonds is 4. The molecule has 0 aliphatic carbocycles. The summed E-state index contributed by atoms with van der Waals surface area (Å²) in [5.74, 6) is 1.51. The summed E-state index contributed by atoms with van der Waals surface area (Å²) in [6.07, 6.45) is 2.80. The number of imidazole rings is 1. The minimum absolute atomic E-state index is 0.284. The first-order valence-electron chi connectivity index (χ1n) is 8.95. The Labute approximate surface area is 157 Å². The lowest BCUT2D eigenvalue weighted by atomic mass is 10.2. The third-order valence-electron chi connectivity index (χ3n) is 4.90. The highest BCUT2D eigenvalue weighted by molar-refractivity contribution is 6.18. The van der Waals surface area contributed by atoms with Gasteiger partial charge in [0.1, 0.15) is 17.6 Å². The van der Waals surface area contributed by atoms with Crippen molar-refractivity contribution in [2.45, 2.75) is 26.3 Å². The Hall–Kier alpha value is -3.16. The van der Waals surface area contributed by atoms with Gasteiger partial charge in [-0.25, -0.2) is 9.36 Å². The van der Waals surface area contributed by atoms with E-state index in [1.54, 1.807) is 7.05 Å². The van der Waals surface area contributed by atoms with Crippen molar-refractivity contribution in [1.82, 2.24) is 14.4 Å².